The topological polar surface area (TPSA) is 95.9 Å². The second-order valence-corrected chi connectivity index (χ2v) is 5.77. The third-order valence-corrected chi connectivity index (χ3v) is 3.94. The molecule has 3 aromatic rings. The number of hydrogen-bond donors (Lipinski definition) is 3. The molecule has 4 N–H and O–H groups in total. The van der Waals surface area contributed by atoms with Crippen molar-refractivity contribution in [1.29, 1.82) is 5.41 Å². The van der Waals surface area contributed by atoms with E-state index in [-0.39, 0.29) is 23.4 Å². The van der Waals surface area contributed by atoms with E-state index in [9.17, 15) is 9.50 Å². The molecule has 0 saturated carbocycles. The van der Waals surface area contributed by atoms with Crippen molar-refractivity contribution in [3.63, 3.8) is 0 Å². The Kier molecular flexibility index (Phi) is 4.74. The fraction of sp³-hybridized carbons (Fsp3) is 0.0556. The van der Waals surface area contributed by atoms with Crippen LogP contribution in [0, 0.1) is 11.2 Å². The molecule has 0 bridgehead atoms. The van der Waals surface area contributed by atoms with Crippen LogP contribution in [0.4, 0.5) is 4.39 Å². The number of fused-ring (bicyclic) bond motifs is 1. The van der Waals surface area contributed by atoms with Crippen molar-refractivity contribution in [1.82, 2.24) is 9.97 Å². The van der Waals surface area contributed by atoms with E-state index in [1.807, 2.05) is 0 Å². The van der Waals surface area contributed by atoms with Crippen LogP contribution in [0.1, 0.15) is 16.8 Å². The summed E-state index contributed by atoms with van der Waals surface area (Å²) in [5.74, 6) is -0.536. The molecular weight excluding hydrogens is 343 g/mol. The number of pyridine rings is 2. The number of rotatable bonds is 4. The number of aliphatic hydroxyl groups excluding tert-OH is 1. The third kappa shape index (κ3) is 3.35. The van der Waals surface area contributed by atoms with Crippen molar-refractivity contribution in [3.8, 4) is 0 Å². The van der Waals surface area contributed by atoms with Crippen LogP contribution in [-0.4, -0.2) is 21.3 Å². The van der Waals surface area contributed by atoms with Crippen LogP contribution in [-0.2, 0) is 6.61 Å². The van der Waals surface area contributed by atoms with Crippen LogP contribution in [0.25, 0.3) is 22.3 Å². The van der Waals surface area contributed by atoms with E-state index >= 15 is 0 Å². The maximum Gasteiger partial charge on any atom is 0.132 e. The molecule has 0 amide bonds. The molecule has 0 aliphatic rings. The lowest BCUT2D eigenvalue weighted by atomic mass is 10.0. The van der Waals surface area contributed by atoms with Crippen LogP contribution in [0.2, 0.25) is 5.02 Å². The van der Waals surface area contributed by atoms with Gasteiger partial charge in [-0.15, -0.1) is 0 Å². The van der Waals surface area contributed by atoms with Crippen LogP contribution in [0.15, 0.2) is 42.6 Å². The van der Waals surface area contributed by atoms with E-state index in [0.29, 0.717) is 27.3 Å². The van der Waals surface area contributed by atoms with Gasteiger partial charge in [0, 0.05) is 28.6 Å². The van der Waals surface area contributed by atoms with Crippen molar-refractivity contribution in [2.75, 3.05) is 0 Å². The molecule has 0 aliphatic carbocycles. The fourth-order valence-electron chi connectivity index (χ4n) is 2.42. The van der Waals surface area contributed by atoms with Gasteiger partial charge in [-0.25, -0.2) is 9.37 Å². The highest BCUT2D eigenvalue weighted by Gasteiger charge is 2.13. The Morgan fingerprint density at radius 2 is 2.04 bits per heavy atom. The molecule has 0 aliphatic heterocycles. The summed E-state index contributed by atoms with van der Waals surface area (Å²) in [6.45, 7) is -0.155. The van der Waals surface area contributed by atoms with E-state index in [4.69, 9.17) is 22.7 Å². The van der Waals surface area contributed by atoms with Gasteiger partial charge < -0.3 is 16.2 Å². The Hall–Kier alpha value is -2.83. The van der Waals surface area contributed by atoms with Crippen molar-refractivity contribution >= 4 is 40.1 Å². The Morgan fingerprint density at radius 1 is 1.24 bits per heavy atom. The SMILES string of the molecule is N=C/C(=C(\N)c1cc(Cl)ccc1F)c1ccc2ncc(CO)cc2n1. The van der Waals surface area contributed by atoms with Gasteiger partial charge in [-0.05, 0) is 42.0 Å². The lowest BCUT2D eigenvalue weighted by Crippen LogP contribution is -2.06. The van der Waals surface area contributed by atoms with Gasteiger partial charge in [0.25, 0.3) is 0 Å². The smallest absolute Gasteiger partial charge is 0.132 e. The van der Waals surface area contributed by atoms with Crippen molar-refractivity contribution < 1.29 is 9.50 Å². The highest BCUT2D eigenvalue weighted by Crippen LogP contribution is 2.26. The zero-order valence-corrected chi connectivity index (χ0v) is 13.8. The summed E-state index contributed by atoms with van der Waals surface area (Å²) in [6, 6.07) is 9.13. The van der Waals surface area contributed by atoms with E-state index in [1.165, 1.54) is 18.2 Å². The summed E-state index contributed by atoms with van der Waals surface area (Å²) in [4.78, 5) is 8.64. The van der Waals surface area contributed by atoms with E-state index in [1.54, 1.807) is 24.4 Å². The summed E-state index contributed by atoms with van der Waals surface area (Å²) < 4.78 is 14.1. The summed E-state index contributed by atoms with van der Waals surface area (Å²) in [5, 5.41) is 17.2. The van der Waals surface area contributed by atoms with Gasteiger partial charge in [-0.2, -0.15) is 0 Å². The molecule has 2 heterocycles. The van der Waals surface area contributed by atoms with Gasteiger partial charge in [-0.1, -0.05) is 11.6 Å². The summed E-state index contributed by atoms with van der Waals surface area (Å²) in [5.41, 5.74) is 8.71. The van der Waals surface area contributed by atoms with Gasteiger partial charge in [0.1, 0.15) is 5.82 Å². The monoisotopic (exact) mass is 356 g/mol. The summed E-state index contributed by atoms with van der Waals surface area (Å²) >= 11 is 5.92. The molecule has 25 heavy (non-hydrogen) atoms. The third-order valence-electron chi connectivity index (χ3n) is 3.71. The second-order valence-electron chi connectivity index (χ2n) is 5.33. The molecule has 0 saturated heterocycles. The molecule has 5 nitrogen and oxygen atoms in total. The molecular formula is C18H14ClFN4O. The van der Waals surface area contributed by atoms with Gasteiger partial charge in [-0.3, -0.25) is 4.98 Å². The van der Waals surface area contributed by atoms with Crippen molar-refractivity contribution in [2.24, 2.45) is 5.73 Å². The van der Waals surface area contributed by atoms with Crippen LogP contribution in [0.5, 0.6) is 0 Å². The number of allylic oxidation sites excluding steroid dienone is 1. The number of nitrogens with one attached hydrogen (secondary N) is 1. The number of benzene rings is 1. The minimum atomic E-state index is -0.536. The Balaban J connectivity index is 2.18. The Labute approximate surface area is 148 Å². The van der Waals surface area contributed by atoms with Gasteiger partial charge >= 0.3 is 0 Å². The molecule has 0 radical (unpaired) electrons. The molecule has 0 fully saturated rings. The lowest BCUT2D eigenvalue weighted by molar-refractivity contribution is 0.281. The zero-order chi connectivity index (χ0) is 18.0. The molecule has 2 aromatic heterocycles. The zero-order valence-electron chi connectivity index (χ0n) is 13.0. The first-order valence-corrected chi connectivity index (χ1v) is 7.74. The normalized spacial score (nSPS) is 12.1. The second kappa shape index (κ2) is 6.96. The fourth-order valence-corrected chi connectivity index (χ4v) is 2.60. The minimum absolute atomic E-state index is 0.0631. The molecule has 7 heteroatoms. The van der Waals surface area contributed by atoms with Crippen LogP contribution in [0.3, 0.4) is 0 Å². The van der Waals surface area contributed by atoms with E-state index < -0.39 is 5.82 Å². The number of hydrogen-bond acceptors (Lipinski definition) is 5. The number of halogens is 2. The predicted octanol–water partition coefficient (Wildman–Crippen LogP) is 3.39. The average Bonchev–Trinajstić information content (AvgIpc) is 2.63. The lowest BCUT2D eigenvalue weighted by Gasteiger charge is -2.10. The highest BCUT2D eigenvalue weighted by atomic mass is 35.5. The first kappa shape index (κ1) is 17.0. The molecule has 0 spiro atoms. The average molecular weight is 357 g/mol. The van der Waals surface area contributed by atoms with Gasteiger partial charge in [0.2, 0.25) is 0 Å². The Morgan fingerprint density at radius 3 is 2.76 bits per heavy atom. The van der Waals surface area contributed by atoms with Crippen molar-refractivity contribution in [2.45, 2.75) is 6.61 Å². The van der Waals surface area contributed by atoms with Gasteiger partial charge in [0.05, 0.1) is 29.0 Å². The van der Waals surface area contributed by atoms with Gasteiger partial charge in [0.15, 0.2) is 0 Å². The molecule has 0 unspecified atom stereocenters. The largest absolute Gasteiger partial charge is 0.398 e. The highest BCUT2D eigenvalue weighted by molar-refractivity contribution is 6.31. The molecule has 1 aromatic carbocycles. The van der Waals surface area contributed by atoms with Crippen LogP contribution < -0.4 is 5.73 Å². The maximum absolute atomic E-state index is 14.1. The Bertz CT molecular complexity index is 1000. The van der Waals surface area contributed by atoms with E-state index in [2.05, 4.69) is 9.97 Å². The number of aromatic nitrogens is 2. The quantitative estimate of drug-likeness (QED) is 0.624. The van der Waals surface area contributed by atoms with E-state index in [0.717, 1.165) is 6.21 Å². The standard InChI is InChI=1S/C18H14ClFN4O/c19-11-1-2-14(20)12(6-11)18(22)13(7-21)15-3-4-16-17(24-15)5-10(9-25)8-23-16/h1-8,21,25H,9,22H2/b18-13+,21-7?. The maximum atomic E-state index is 14.1. The number of nitrogens with two attached hydrogens (primary N) is 1. The molecule has 0 atom stereocenters. The number of aliphatic hydroxyl groups is 1. The summed E-state index contributed by atoms with van der Waals surface area (Å²) in [7, 11) is 0. The minimum Gasteiger partial charge on any atom is -0.398 e. The number of nitrogens with zero attached hydrogens (tertiary/aromatic N) is 2. The van der Waals surface area contributed by atoms with Crippen LogP contribution >= 0.6 is 11.6 Å². The first-order valence-electron chi connectivity index (χ1n) is 7.36. The molecule has 3 rings (SSSR count). The summed E-state index contributed by atoms with van der Waals surface area (Å²) in [6.07, 6.45) is 2.58. The first-order chi connectivity index (χ1) is 12.0. The predicted molar refractivity (Wildman–Crippen MR) is 96.7 cm³/mol. The molecule has 126 valence electrons. The van der Waals surface area contributed by atoms with Crippen molar-refractivity contribution in [3.05, 3.63) is 70.3 Å².